The third-order valence-corrected chi connectivity index (χ3v) is 0.735. The van der Waals surface area contributed by atoms with Crippen molar-refractivity contribution < 1.29 is 9.90 Å². The predicted molar refractivity (Wildman–Crippen MR) is 34.7 cm³/mol. The molecule has 0 saturated heterocycles. The molecule has 0 rings (SSSR count). The lowest BCUT2D eigenvalue weighted by Gasteiger charge is -1.83. The largest absolute Gasteiger partial charge is 0.516 e. The smallest absolute Gasteiger partial charge is 0.259 e. The summed E-state index contributed by atoms with van der Waals surface area (Å²) in [6.07, 6.45) is 2.98. The molecule has 0 radical (unpaired) electrons. The zero-order valence-corrected chi connectivity index (χ0v) is 5.11. The average molecular weight is 138 g/mol. The lowest BCUT2D eigenvalue weighted by atomic mass is 10.2. The van der Waals surface area contributed by atoms with E-state index in [1.807, 2.05) is 0 Å². The molecular formula is C6H6N2O2. The number of carbonyl (C=O) groups is 1. The van der Waals surface area contributed by atoms with Crippen molar-refractivity contribution in [3.05, 3.63) is 24.0 Å². The molecule has 3 N–H and O–H groups in total. The second kappa shape index (κ2) is 4.15. The van der Waals surface area contributed by atoms with Crippen molar-refractivity contribution in [2.24, 2.45) is 5.73 Å². The molecule has 0 fully saturated rings. The van der Waals surface area contributed by atoms with Gasteiger partial charge in [-0.05, 0) is 12.2 Å². The third kappa shape index (κ3) is 2.52. The lowest BCUT2D eigenvalue weighted by Crippen LogP contribution is -2.12. The van der Waals surface area contributed by atoms with Crippen LogP contribution < -0.4 is 5.73 Å². The minimum absolute atomic E-state index is 0.190. The third-order valence-electron chi connectivity index (χ3n) is 0.735. The number of rotatable bonds is 2. The highest BCUT2D eigenvalue weighted by Gasteiger charge is 1.98. The fourth-order valence-electron chi connectivity index (χ4n) is 0.314. The first-order chi connectivity index (χ1) is 4.72. The number of aliphatic hydroxyl groups is 1. The van der Waals surface area contributed by atoms with E-state index in [1.165, 1.54) is 0 Å². The van der Waals surface area contributed by atoms with E-state index >= 15 is 0 Å². The molecule has 4 nitrogen and oxygen atoms in total. The first-order valence-corrected chi connectivity index (χ1v) is 2.43. The molecule has 0 aliphatic heterocycles. The van der Waals surface area contributed by atoms with Gasteiger partial charge in [-0.2, -0.15) is 5.26 Å². The lowest BCUT2D eigenvalue weighted by molar-refractivity contribution is -0.114. The van der Waals surface area contributed by atoms with Crippen molar-refractivity contribution in [3.8, 4) is 6.07 Å². The minimum Gasteiger partial charge on any atom is -0.516 e. The van der Waals surface area contributed by atoms with E-state index in [-0.39, 0.29) is 5.57 Å². The van der Waals surface area contributed by atoms with Gasteiger partial charge in [-0.25, -0.2) is 0 Å². The number of nitrogens with two attached hydrogens (primary N) is 1. The van der Waals surface area contributed by atoms with Crippen LogP contribution in [-0.2, 0) is 4.79 Å². The van der Waals surface area contributed by atoms with Crippen LogP contribution in [-0.4, -0.2) is 11.0 Å². The predicted octanol–water partition coefficient (Wildman–Crippen LogP) is -0.00662. The number of aliphatic hydroxyl groups excluding tert-OH is 1. The van der Waals surface area contributed by atoms with Gasteiger partial charge in [0.25, 0.3) is 5.91 Å². The molecule has 0 aromatic carbocycles. The monoisotopic (exact) mass is 138 g/mol. The molecular weight excluding hydrogens is 132 g/mol. The molecule has 0 saturated carbocycles. The highest BCUT2D eigenvalue weighted by atomic mass is 16.2. The van der Waals surface area contributed by atoms with Crippen LogP contribution in [0.2, 0.25) is 0 Å². The van der Waals surface area contributed by atoms with Gasteiger partial charge in [-0.3, -0.25) is 4.79 Å². The highest BCUT2D eigenvalue weighted by Crippen LogP contribution is 1.89. The van der Waals surface area contributed by atoms with E-state index in [1.54, 1.807) is 6.07 Å². The van der Waals surface area contributed by atoms with Gasteiger partial charge in [0.15, 0.2) is 0 Å². The standard InChI is InChI=1S/C6H6N2O2/c7-4-5(6(8)10)2-1-3-9/h1-3,9H,(H2,8,10). The Kier molecular flexibility index (Phi) is 3.42. The maximum absolute atomic E-state index is 10.3. The molecule has 10 heavy (non-hydrogen) atoms. The molecule has 0 atom stereocenters. The first kappa shape index (κ1) is 8.24. The quantitative estimate of drug-likeness (QED) is 0.243. The molecule has 0 aromatic rings. The number of nitriles is 1. The van der Waals surface area contributed by atoms with Gasteiger partial charge in [0, 0.05) is 0 Å². The summed E-state index contributed by atoms with van der Waals surface area (Å²) in [7, 11) is 0. The summed E-state index contributed by atoms with van der Waals surface area (Å²) < 4.78 is 0. The number of amides is 1. The van der Waals surface area contributed by atoms with Gasteiger partial charge in [-0.15, -0.1) is 0 Å². The Balaban J connectivity index is 4.38. The Morgan fingerprint density at radius 2 is 2.30 bits per heavy atom. The summed E-state index contributed by atoms with van der Waals surface area (Å²) in [6.45, 7) is 0. The fourth-order valence-corrected chi connectivity index (χ4v) is 0.314. The number of primary amides is 1. The Bertz CT molecular complexity index is 222. The Labute approximate surface area is 57.9 Å². The molecule has 0 spiro atoms. The van der Waals surface area contributed by atoms with Crippen LogP contribution in [0.4, 0.5) is 0 Å². The summed E-state index contributed by atoms with van der Waals surface area (Å²) in [5.41, 5.74) is 4.55. The summed E-state index contributed by atoms with van der Waals surface area (Å²) in [4.78, 5) is 10.3. The van der Waals surface area contributed by atoms with Crippen molar-refractivity contribution in [1.82, 2.24) is 0 Å². The summed E-state index contributed by atoms with van der Waals surface area (Å²) in [5, 5.41) is 16.3. The number of carbonyl (C=O) groups excluding carboxylic acids is 1. The second-order valence-corrected chi connectivity index (χ2v) is 1.40. The first-order valence-electron chi connectivity index (χ1n) is 2.43. The van der Waals surface area contributed by atoms with Gasteiger partial charge in [0.05, 0.1) is 6.26 Å². The zero-order valence-electron chi connectivity index (χ0n) is 5.11. The van der Waals surface area contributed by atoms with E-state index < -0.39 is 5.91 Å². The van der Waals surface area contributed by atoms with E-state index in [0.717, 1.165) is 12.2 Å². The minimum atomic E-state index is -0.805. The van der Waals surface area contributed by atoms with Crippen LogP contribution in [0.3, 0.4) is 0 Å². The number of allylic oxidation sites excluding steroid dienone is 2. The summed E-state index contributed by atoms with van der Waals surface area (Å²) >= 11 is 0. The van der Waals surface area contributed by atoms with Crippen LogP contribution in [0.25, 0.3) is 0 Å². The maximum Gasteiger partial charge on any atom is 0.259 e. The Morgan fingerprint density at radius 1 is 1.70 bits per heavy atom. The van der Waals surface area contributed by atoms with Gasteiger partial charge < -0.3 is 10.8 Å². The van der Waals surface area contributed by atoms with Crippen LogP contribution in [0.5, 0.6) is 0 Å². The van der Waals surface area contributed by atoms with Crippen LogP contribution in [0, 0.1) is 11.3 Å². The van der Waals surface area contributed by atoms with E-state index in [9.17, 15) is 4.79 Å². The molecule has 1 amide bonds. The van der Waals surface area contributed by atoms with Crippen LogP contribution >= 0.6 is 0 Å². The van der Waals surface area contributed by atoms with Crippen molar-refractivity contribution >= 4 is 5.91 Å². The molecule has 0 unspecified atom stereocenters. The molecule has 4 heteroatoms. The summed E-state index contributed by atoms with van der Waals surface area (Å²) in [6, 6.07) is 1.56. The number of hydrogen-bond donors (Lipinski definition) is 2. The topological polar surface area (TPSA) is 87.1 Å². The maximum atomic E-state index is 10.3. The molecule has 0 aliphatic rings. The van der Waals surface area contributed by atoms with Crippen LogP contribution in [0.15, 0.2) is 24.0 Å². The Morgan fingerprint density at radius 3 is 2.60 bits per heavy atom. The Hall–Kier alpha value is -1.76. The van der Waals surface area contributed by atoms with E-state index in [0.29, 0.717) is 6.26 Å². The highest BCUT2D eigenvalue weighted by molar-refractivity contribution is 5.96. The fraction of sp³-hybridized carbons (Fsp3) is 0. The van der Waals surface area contributed by atoms with Crippen molar-refractivity contribution in [2.75, 3.05) is 0 Å². The van der Waals surface area contributed by atoms with Gasteiger partial charge in [-0.1, -0.05) is 0 Å². The van der Waals surface area contributed by atoms with E-state index in [2.05, 4.69) is 0 Å². The van der Waals surface area contributed by atoms with Crippen LogP contribution in [0.1, 0.15) is 0 Å². The number of nitrogens with zero attached hydrogens (tertiary/aromatic N) is 1. The molecule has 0 aliphatic carbocycles. The normalized spacial score (nSPS) is 11.3. The van der Waals surface area contributed by atoms with Crippen molar-refractivity contribution in [1.29, 1.82) is 5.26 Å². The average Bonchev–Trinajstić information content (AvgIpc) is 1.89. The number of hydrogen-bond acceptors (Lipinski definition) is 3. The van der Waals surface area contributed by atoms with Gasteiger partial charge in [0.1, 0.15) is 11.6 Å². The van der Waals surface area contributed by atoms with Gasteiger partial charge in [0.2, 0.25) is 0 Å². The molecule has 52 valence electrons. The van der Waals surface area contributed by atoms with E-state index in [4.69, 9.17) is 16.1 Å². The van der Waals surface area contributed by atoms with Crippen molar-refractivity contribution in [3.63, 3.8) is 0 Å². The van der Waals surface area contributed by atoms with Gasteiger partial charge >= 0.3 is 0 Å². The zero-order chi connectivity index (χ0) is 7.98. The second-order valence-electron chi connectivity index (χ2n) is 1.40. The molecule has 0 bridgehead atoms. The SMILES string of the molecule is N#CC(=CC=CO)C(N)=O. The molecule has 0 aromatic heterocycles. The van der Waals surface area contributed by atoms with Crippen molar-refractivity contribution in [2.45, 2.75) is 0 Å². The molecule has 0 heterocycles. The summed E-state index contributed by atoms with van der Waals surface area (Å²) in [5.74, 6) is -0.805.